The van der Waals surface area contributed by atoms with Crippen LogP contribution < -0.4 is 0 Å². The van der Waals surface area contributed by atoms with Gasteiger partial charge in [0.25, 0.3) is 0 Å². The van der Waals surface area contributed by atoms with E-state index in [2.05, 4.69) is 80.6 Å². The lowest BCUT2D eigenvalue weighted by Crippen LogP contribution is -1.85. The van der Waals surface area contributed by atoms with Crippen LogP contribution in [0.5, 0.6) is 0 Å². The molecule has 3 heterocycles. The lowest BCUT2D eigenvalue weighted by Gasteiger charge is -2.05. The molecular weight excluding hydrogens is 398 g/mol. The molecule has 0 unspecified atom stereocenters. The lowest BCUT2D eigenvalue weighted by atomic mass is 10.0. The van der Waals surface area contributed by atoms with Crippen LogP contribution in [0.4, 0.5) is 0 Å². The first-order valence-electron chi connectivity index (χ1n) is 10.6. The van der Waals surface area contributed by atoms with Crippen molar-refractivity contribution in [1.29, 1.82) is 0 Å². The Labute approximate surface area is 184 Å². The second kappa shape index (κ2) is 7.07. The van der Waals surface area contributed by atoms with E-state index in [1.54, 1.807) is 0 Å². The fraction of sp³-hybridized carbons (Fsp3) is 0.107. The summed E-state index contributed by atoms with van der Waals surface area (Å²) < 4.78 is 7.46. The van der Waals surface area contributed by atoms with Gasteiger partial charge in [-0.25, -0.2) is 0 Å². The van der Waals surface area contributed by atoms with Gasteiger partial charge in [-0.2, -0.15) is 0 Å². The molecule has 0 radical (unpaired) electrons. The second-order valence-corrected chi connectivity index (χ2v) is 9.36. The van der Waals surface area contributed by atoms with E-state index in [-0.39, 0.29) is 0 Å². The molecule has 0 bridgehead atoms. The number of benzene rings is 3. The molecule has 6 rings (SSSR count). The highest BCUT2D eigenvalue weighted by Gasteiger charge is 2.14. The minimum absolute atomic E-state index is 0.546. The van der Waals surface area contributed by atoms with E-state index in [1.807, 2.05) is 29.7 Å². The third-order valence-corrected chi connectivity index (χ3v) is 7.09. The summed E-state index contributed by atoms with van der Waals surface area (Å²) in [6.07, 6.45) is 1.98. The van der Waals surface area contributed by atoms with Crippen molar-refractivity contribution in [2.24, 2.45) is 0 Å². The fourth-order valence-electron chi connectivity index (χ4n) is 4.20. The standard InChI is InChI=1S/C28H21NOS/c1-17(2)18-10-12-19(13-11-18)26-14-20-16-29-24(15-27(20)31-26)23-8-5-7-22-21-6-3-4-9-25(21)30-28(22)23/h3-17H,1-2H3. The van der Waals surface area contributed by atoms with Crippen molar-refractivity contribution >= 4 is 43.4 Å². The zero-order valence-electron chi connectivity index (χ0n) is 17.4. The summed E-state index contributed by atoms with van der Waals surface area (Å²) in [6.45, 7) is 4.45. The molecule has 2 nitrogen and oxygen atoms in total. The van der Waals surface area contributed by atoms with Crippen LogP contribution >= 0.6 is 11.3 Å². The van der Waals surface area contributed by atoms with Gasteiger partial charge in [-0.05, 0) is 41.3 Å². The smallest absolute Gasteiger partial charge is 0.144 e. The molecule has 0 saturated carbocycles. The number of furan rings is 1. The first-order valence-corrected chi connectivity index (χ1v) is 11.4. The Kier molecular flexibility index (Phi) is 4.18. The summed E-state index contributed by atoms with van der Waals surface area (Å²) >= 11 is 1.81. The van der Waals surface area contributed by atoms with E-state index in [4.69, 9.17) is 9.40 Å². The van der Waals surface area contributed by atoms with E-state index in [1.165, 1.54) is 26.1 Å². The van der Waals surface area contributed by atoms with Crippen molar-refractivity contribution in [2.45, 2.75) is 19.8 Å². The molecule has 0 amide bonds. The number of hydrogen-bond donors (Lipinski definition) is 0. The predicted molar refractivity (Wildman–Crippen MR) is 132 cm³/mol. The van der Waals surface area contributed by atoms with Crippen molar-refractivity contribution in [3.05, 3.63) is 90.6 Å². The summed E-state index contributed by atoms with van der Waals surface area (Å²) in [5, 5.41) is 3.45. The molecule has 0 fully saturated rings. The third-order valence-electron chi connectivity index (χ3n) is 5.94. The molecule has 0 spiro atoms. The molecule has 0 aliphatic rings. The Morgan fingerprint density at radius 3 is 2.48 bits per heavy atom. The van der Waals surface area contributed by atoms with E-state index < -0.39 is 0 Å². The minimum atomic E-state index is 0.546. The molecule has 0 aliphatic heterocycles. The van der Waals surface area contributed by atoms with Crippen molar-refractivity contribution in [1.82, 2.24) is 4.98 Å². The van der Waals surface area contributed by atoms with Gasteiger partial charge in [0.15, 0.2) is 0 Å². The average molecular weight is 420 g/mol. The molecule has 150 valence electrons. The number of fused-ring (bicyclic) bond motifs is 4. The predicted octanol–water partition coefficient (Wildman–Crippen LogP) is 8.65. The Morgan fingerprint density at radius 2 is 1.65 bits per heavy atom. The Morgan fingerprint density at radius 1 is 0.839 bits per heavy atom. The highest BCUT2D eigenvalue weighted by Crippen LogP contribution is 2.38. The molecule has 3 heteroatoms. The SMILES string of the molecule is CC(C)c1ccc(-c2cc3cnc(-c4cccc5c4oc4ccccc45)cc3s2)cc1. The summed E-state index contributed by atoms with van der Waals surface area (Å²) in [4.78, 5) is 6.06. The van der Waals surface area contributed by atoms with Crippen LogP contribution in [0.25, 0.3) is 53.7 Å². The largest absolute Gasteiger partial charge is 0.455 e. The van der Waals surface area contributed by atoms with Crippen molar-refractivity contribution < 1.29 is 4.42 Å². The summed E-state index contributed by atoms with van der Waals surface area (Å²) in [5.74, 6) is 0.546. The van der Waals surface area contributed by atoms with Crippen LogP contribution in [0.1, 0.15) is 25.3 Å². The van der Waals surface area contributed by atoms with E-state index in [0.29, 0.717) is 5.92 Å². The number of pyridine rings is 1. The van der Waals surface area contributed by atoms with Gasteiger partial charge in [0.1, 0.15) is 11.2 Å². The van der Waals surface area contributed by atoms with Crippen molar-refractivity contribution in [3.63, 3.8) is 0 Å². The van der Waals surface area contributed by atoms with Gasteiger partial charge in [0.2, 0.25) is 0 Å². The number of para-hydroxylation sites is 2. The van der Waals surface area contributed by atoms with Crippen LogP contribution in [0.15, 0.2) is 89.5 Å². The van der Waals surface area contributed by atoms with Gasteiger partial charge in [0.05, 0.1) is 5.69 Å². The van der Waals surface area contributed by atoms with Crippen LogP contribution in [-0.2, 0) is 0 Å². The maximum Gasteiger partial charge on any atom is 0.144 e. The highest BCUT2D eigenvalue weighted by molar-refractivity contribution is 7.22. The van der Waals surface area contributed by atoms with E-state index >= 15 is 0 Å². The third kappa shape index (κ3) is 3.05. The van der Waals surface area contributed by atoms with Gasteiger partial charge < -0.3 is 4.42 Å². The van der Waals surface area contributed by atoms with E-state index in [9.17, 15) is 0 Å². The van der Waals surface area contributed by atoms with Gasteiger partial charge in [0, 0.05) is 37.5 Å². The Hall–Kier alpha value is -3.43. The van der Waals surface area contributed by atoms with Crippen molar-refractivity contribution in [3.8, 4) is 21.7 Å². The van der Waals surface area contributed by atoms with Gasteiger partial charge in [-0.3, -0.25) is 4.98 Å². The molecule has 0 atom stereocenters. The van der Waals surface area contributed by atoms with Gasteiger partial charge in [-0.15, -0.1) is 11.3 Å². The van der Waals surface area contributed by atoms with Crippen molar-refractivity contribution in [2.75, 3.05) is 0 Å². The molecule has 0 N–H and O–H groups in total. The number of hydrogen-bond acceptors (Lipinski definition) is 3. The molecule has 6 aromatic rings. The van der Waals surface area contributed by atoms with Gasteiger partial charge in [-0.1, -0.05) is 68.4 Å². The zero-order valence-corrected chi connectivity index (χ0v) is 18.2. The number of nitrogens with zero attached hydrogens (tertiary/aromatic N) is 1. The van der Waals surface area contributed by atoms with E-state index in [0.717, 1.165) is 33.2 Å². The average Bonchev–Trinajstić information content (AvgIpc) is 3.40. The minimum Gasteiger partial charge on any atom is -0.455 e. The Balaban J connectivity index is 1.46. The molecule has 31 heavy (non-hydrogen) atoms. The maximum atomic E-state index is 6.22. The molecular formula is C28H21NOS. The maximum absolute atomic E-state index is 6.22. The molecule has 0 saturated heterocycles. The van der Waals surface area contributed by atoms with Gasteiger partial charge >= 0.3 is 0 Å². The number of rotatable bonds is 3. The van der Waals surface area contributed by atoms with Crippen LogP contribution in [0.2, 0.25) is 0 Å². The summed E-state index contributed by atoms with van der Waals surface area (Å²) in [6, 6.07) is 27.8. The molecule has 3 aromatic carbocycles. The fourth-order valence-corrected chi connectivity index (χ4v) is 5.28. The van der Waals surface area contributed by atoms with Crippen LogP contribution in [0, 0.1) is 0 Å². The zero-order chi connectivity index (χ0) is 20.9. The van der Waals surface area contributed by atoms with Crippen LogP contribution in [-0.4, -0.2) is 4.98 Å². The highest BCUT2D eigenvalue weighted by atomic mass is 32.1. The summed E-state index contributed by atoms with van der Waals surface area (Å²) in [7, 11) is 0. The second-order valence-electron chi connectivity index (χ2n) is 8.28. The summed E-state index contributed by atoms with van der Waals surface area (Å²) in [5.41, 5.74) is 6.41. The van der Waals surface area contributed by atoms with Crippen LogP contribution in [0.3, 0.4) is 0 Å². The Bertz CT molecular complexity index is 1550. The molecule has 3 aromatic heterocycles. The monoisotopic (exact) mass is 419 g/mol. The molecule has 0 aliphatic carbocycles. The first-order chi connectivity index (χ1) is 15.2. The normalized spacial score (nSPS) is 11.8. The number of thiophene rings is 1. The topological polar surface area (TPSA) is 26.0 Å². The lowest BCUT2D eigenvalue weighted by molar-refractivity contribution is 0.670. The number of aromatic nitrogens is 1. The first kappa shape index (κ1) is 18.3. The quantitative estimate of drug-likeness (QED) is 0.287.